The molecule has 0 aromatic heterocycles. The Bertz CT molecular complexity index is 371. The van der Waals surface area contributed by atoms with Crippen molar-refractivity contribution in [1.29, 1.82) is 0 Å². The van der Waals surface area contributed by atoms with Gasteiger partial charge in [-0.25, -0.2) is 0 Å². The molecule has 1 aromatic rings. The molecule has 1 aromatic carbocycles. The van der Waals surface area contributed by atoms with Gasteiger partial charge in [0.25, 0.3) is 0 Å². The van der Waals surface area contributed by atoms with Gasteiger partial charge in [0.2, 0.25) is 0 Å². The van der Waals surface area contributed by atoms with Crippen molar-refractivity contribution in [2.24, 2.45) is 0 Å². The first-order valence-electron chi connectivity index (χ1n) is 6.80. The summed E-state index contributed by atoms with van der Waals surface area (Å²) in [6.07, 6.45) is 0.937. The molecule has 0 saturated carbocycles. The number of nitrogens with one attached hydrogen (secondary N) is 1. The Labute approximate surface area is 121 Å². The summed E-state index contributed by atoms with van der Waals surface area (Å²) in [4.78, 5) is 0. The summed E-state index contributed by atoms with van der Waals surface area (Å²) >= 11 is 0. The second-order valence-corrected chi connectivity index (χ2v) is 4.32. The van der Waals surface area contributed by atoms with Crippen LogP contribution in [0.15, 0.2) is 18.2 Å². The molecule has 5 nitrogen and oxygen atoms in total. The van der Waals surface area contributed by atoms with Crippen LogP contribution < -0.4 is 14.8 Å². The molecular formula is C15H25NO4. The standard InChI is InChI=1S/C15H25NO4/c1-17-8-4-9-20-10-7-16-12-13-5-6-14(18-2)15(11-13)19-3/h5-6,11,16H,4,7-10,12H2,1-3H3. The topological polar surface area (TPSA) is 49.0 Å². The van der Waals surface area contributed by atoms with E-state index in [1.54, 1.807) is 21.3 Å². The van der Waals surface area contributed by atoms with Gasteiger partial charge in [-0.05, 0) is 24.1 Å². The van der Waals surface area contributed by atoms with Crippen molar-refractivity contribution in [3.63, 3.8) is 0 Å². The summed E-state index contributed by atoms with van der Waals surface area (Å²) in [5.41, 5.74) is 1.15. The van der Waals surface area contributed by atoms with Crippen molar-refractivity contribution in [2.75, 3.05) is 47.7 Å². The minimum atomic E-state index is 0.705. The van der Waals surface area contributed by atoms with E-state index < -0.39 is 0 Å². The van der Waals surface area contributed by atoms with Gasteiger partial charge in [0, 0.05) is 33.4 Å². The van der Waals surface area contributed by atoms with Crippen LogP contribution in [-0.2, 0) is 16.0 Å². The molecule has 20 heavy (non-hydrogen) atoms. The third-order valence-corrected chi connectivity index (χ3v) is 2.84. The quantitative estimate of drug-likeness (QED) is 0.628. The van der Waals surface area contributed by atoms with Crippen LogP contribution in [0.25, 0.3) is 0 Å². The Hall–Kier alpha value is -1.30. The fourth-order valence-electron chi connectivity index (χ4n) is 1.78. The first-order valence-corrected chi connectivity index (χ1v) is 6.80. The first kappa shape index (κ1) is 16.8. The average Bonchev–Trinajstić information content (AvgIpc) is 2.49. The largest absolute Gasteiger partial charge is 0.493 e. The Balaban J connectivity index is 2.18. The first-order chi connectivity index (χ1) is 9.81. The van der Waals surface area contributed by atoms with E-state index in [0.29, 0.717) is 6.61 Å². The molecule has 1 N–H and O–H groups in total. The predicted octanol–water partition coefficient (Wildman–Crippen LogP) is 1.85. The highest BCUT2D eigenvalue weighted by Gasteiger charge is 2.03. The smallest absolute Gasteiger partial charge is 0.161 e. The summed E-state index contributed by atoms with van der Waals surface area (Å²) in [6.45, 7) is 3.80. The zero-order chi connectivity index (χ0) is 14.6. The molecule has 0 amide bonds. The molecule has 0 bridgehead atoms. The van der Waals surface area contributed by atoms with E-state index >= 15 is 0 Å². The molecule has 0 atom stereocenters. The van der Waals surface area contributed by atoms with Gasteiger partial charge in [0.05, 0.1) is 20.8 Å². The van der Waals surface area contributed by atoms with Gasteiger partial charge < -0.3 is 24.3 Å². The molecule has 0 unspecified atom stereocenters. The summed E-state index contributed by atoms with van der Waals surface area (Å²) in [5, 5.41) is 3.33. The van der Waals surface area contributed by atoms with Crippen molar-refractivity contribution in [3.8, 4) is 11.5 Å². The zero-order valence-electron chi connectivity index (χ0n) is 12.6. The van der Waals surface area contributed by atoms with Crippen LogP contribution in [0, 0.1) is 0 Å². The summed E-state index contributed by atoms with van der Waals surface area (Å²) in [6, 6.07) is 5.91. The van der Waals surface area contributed by atoms with Crippen LogP contribution >= 0.6 is 0 Å². The van der Waals surface area contributed by atoms with Gasteiger partial charge in [-0.15, -0.1) is 0 Å². The van der Waals surface area contributed by atoms with Crippen molar-refractivity contribution in [2.45, 2.75) is 13.0 Å². The van der Waals surface area contributed by atoms with E-state index in [2.05, 4.69) is 5.32 Å². The molecule has 5 heteroatoms. The third kappa shape index (κ3) is 6.23. The zero-order valence-corrected chi connectivity index (χ0v) is 12.6. The number of hydrogen-bond donors (Lipinski definition) is 1. The molecule has 114 valence electrons. The van der Waals surface area contributed by atoms with Crippen molar-refractivity contribution >= 4 is 0 Å². The summed E-state index contributed by atoms with van der Waals surface area (Å²) in [5.74, 6) is 1.50. The van der Waals surface area contributed by atoms with E-state index in [1.165, 1.54) is 0 Å². The lowest BCUT2D eigenvalue weighted by Crippen LogP contribution is -2.19. The van der Waals surface area contributed by atoms with Crippen molar-refractivity contribution in [3.05, 3.63) is 23.8 Å². The van der Waals surface area contributed by atoms with E-state index in [4.69, 9.17) is 18.9 Å². The second kappa shape index (κ2) is 10.5. The highest BCUT2D eigenvalue weighted by Crippen LogP contribution is 2.27. The van der Waals surface area contributed by atoms with Crippen molar-refractivity contribution < 1.29 is 18.9 Å². The molecule has 0 fully saturated rings. The number of methoxy groups -OCH3 is 3. The van der Waals surface area contributed by atoms with Crippen molar-refractivity contribution in [1.82, 2.24) is 5.32 Å². The fraction of sp³-hybridized carbons (Fsp3) is 0.600. The van der Waals surface area contributed by atoms with E-state index in [1.807, 2.05) is 18.2 Å². The average molecular weight is 283 g/mol. The van der Waals surface area contributed by atoms with Gasteiger partial charge >= 0.3 is 0 Å². The van der Waals surface area contributed by atoms with Crippen LogP contribution in [0.4, 0.5) is 0 Å². The minimum absolute atomic E-state index is 0.705. The van der Waals surface area contributed by atoms with Crippen LogP contribution in [0.5, 0.6) is 11.5 Å². The van der Waals surface area contributed by atoms with Crippen LogP contribution in [0.3, 0.4) is 0 Å². The molecule has 0 aliphatic heterocycles. The summed E-state index contributed by atoms with van der Waals surface area (Å²) < 4.78 is 20.9. The second-order valence-electron chi connectivity index (χ2n) is 4.32. The van der Waals surface area contributed by atoms with Gasteiger partial charge in [-0.2, -0.15) is 0 Å². The molecule has 0 aliphatic rings. The van der Waals surface area contributed by atoms with Gasteiger partial charge in [-0.1, -0.05) is 6.07 Å². The van der Waals surface area contributed by atoms with Crippen LogP contribution in [-0.4, -0.2) is 47.7 Å². The minimum Gasteiger partial charge on any atom is -0.493 e. The Morgan fingerprint density at radius 2 is 1.75 bits per heavy atom. The monoisotopic (exact) mass is 283 g/mol. The van der Waals surface area contributed by atoms with Crippen LogP contribution in [0.2, 0.25) is 0 Å². The van der Waals surface area contributed by atoms with Gasteiger partial charge in [0.15, 0.2) is 11.5 Å². The van der Waals surface area contributed by atoms with Gasteiger partial charge in [-0.3, -0.25) is 0 Å². The molecular weight excluding hydrogens is 258 g/mol. The normalized spacial score (nSPS) is 10.6. The molecule has 0 spiro atoms. The number of benzene rings is 1. The molecule has 0 heterocycles. The highest BCUT2D eigenvalue weighted by molar-refractivity contribution is 5.42. The SMILES string of the molecule is COCCCOCCNCc1ccc(OC)c(OC)c1. The van der Waals surface area contributed by atoms with E-state index in [-0.39, 0.29) is 0 Å². The van der Waals surface area contributed by atoms with Gasteiger partial charge in [0.1, 0.15) is 0 Å². The number of ether oxygens (including phenoxy) is 4. The number of hydrogen-bond acceptors (Lipinski definition) is 5. The Kier molecular flexibility index (Phi) is 8.78. The maximum Gasteiger partial charge on any atom is 0.161 e. The fourth-order valence-corrected chi connectivity index (χ4v) is 1.78. The highest BCUT2D eigenvalue weighted by atomic mass is 16.5. The number of rotatable bonds is 11. The third-order valence-electron chi connectivity index (χ3n) is 2.84. The van der Waals surface area contributed by atoms with E-state index in [9.17, 15) is 0 Å². The van der Waals surface area contributed by atoms with E-state index in [0.717, 1.165) is 49.8 Å². The molecule has 0 aliphatic carbocycles. The lowest BCUT2D eigenvalue weighted by atomic mass is 10.2. The maximum atomic E-state index is 5.47. The maximum absolute atomic E-state index is 5.47. The Morgan fingerprint density at radius 1 is 0.950 bits per heavy atom. The lowest BCUT2D eigenvalue weighted by Gasteiger charge is -2.10. The molecule has 0 radical (unpaired) electrons. The van der Waals surface area contributed by atoms with Crippen LogP contribution in [0.1, 0.15) is 12.0 Å². The lowest BCUT2D eigenvalue weighted by molar-refractivity contribution is 0.104. The summed E-state index contributed by atoms with van der Waals surface area (Å²) in [7, 11) is 4.98. The predicted molar refractivity (Wildman–Crippen MR) is 78.6 cm³/mol. The molecule has 0 saturated heterocycles. The molecule has 1 rings (SSSR count). The Morgan fingerprint density at radius 3 is 2.45 bits per heavy atom.